The molecule has 1 N–H and O–H groups in total. The van der Waals surface area contributed by atoms with Gasteiger partial charge in [0.05, 0.1) is 0 Å². The van der Waals surface area contributed by atoms with Crippen molar-refractivity contribution in [3.63, 3.8) is 0 Å². The van der Waals surface area contributed by atoms with Gasteiger partial charge in [-0.1, -0.05) is 13.0 Å². The average Bonchev–Trinajstić information content (AvgIpc) is 2.17. The Morgan fingerprint density at radius 2 is 2.19 bits per heavy atom. The van der Waals surface area contributed by atoms with E-state index < -0.39 is 6.18 Å². The zero-order valence-corrected chi connectivity index (χ0v) is 9.77. The van der Waals surface area contributed by atoms with Crippen LogP contribution in [0.4, 0.5) is 13.2 Å². The zero-order chi connectivity index (χ0) is 12.2. The molecule has 0 aromatic heterocycles. The summed E-state index contributed by atoms with van der Waals surface area (Å²) in [6.45, 7) is 4.77. The first-order valence-corrected chi connectivity index (χ1v) is 5.56. The molecule has 0 saturated heterocycles. The summed E-state index contributed by atoms with van der Waals surface area (Å²) in [6.07, 6.45) is -2.70. The number of alkyl halides is 3. The van der Waals surface area contributed by atoms with E-state index >= 15 is 0 Å². The molecule has 0 aromatic carbocycles. The third-order valence-corrected chi connectivity index (χ3v) is 2.78. The second-order valence-corrected chi connectivity index (χ2v) is 4.40. The summed E-state index contributed by atoms with van der Waals surface area (Å²) in [5.41, 5.74) is -0.370. The minimum Gasteiger partial charge on any atom is -0.319 e. The monoisotopic (exact) mass is 236 g/mol. The van der Waals surface area contributed by atoms with Gasteiger partial charge < -0.3 is 5.32 Å². The molecule has 2 nitrogen and oxygen atoms in total. The van der Waals surface area contributed by atoms with Gasteiger partial charge in [0.15, 0.2) is 0 Å². The molecule has 5 heteroatoms. The van der Waals surface area contributed by atoms with Crippen LogP contribution in [0, 0.1) is 5.92 Å². The Morgan fingerprint density at radius 3 is 2.62 bits per heavy atom. The molecule has 0 aromatic rings. The second-order valence-electron chi connectivity index (χ2n) is 4.40. The van der Waals surface area contributed by atoms with E-state index in [1.54, 1.807) is 0 Å². The van der Waals surface area contributed by atoms with Crippen LogP contribution >= 0.6 is 0 Å². The summed E-state index contributed by atoms with van der Waals surface area (Å²) in [5, 5.41) is 3.07. The lowest BCUT2D eigenvalue weighted by Crippen LogP contribution is -2.37. The first-order chi connectivity index (χ1) is 7.43. The maximum Gasteiger partial charge on any atom is 0.412 e. The fourth-order valence-corrected chi connectivity index (χ4v) is 1.99. The number of nitrogens with one attached hydrogen (secondary N) is 1. The fraction of sp³-hybridized carbons (Fsp3) is 0.818. The summed E-state index contributed by atoms with van der Waals surface area (Å²) in [7, 11) is 1.88. The van der Waals surface area contributed by atoms with Gasteiger partial charge in [0.2, 0.25) is 0 Å². The average molecular weight is 236 g/mol. The van der Waals surface area contributed by atoms with Crippen molar-refractivity contribution in [3.8, 4) is 0 Å². The molecule has 94 valence electrons. The predicted molar refractivity (Wildman–Crippen MR) is 58.3 cm³/mol. The molecule has 0 bridgehead atoms. The lowest BCUT2D eigenvalue weighted by atomic mass is 10.1. The number of nitrogens with zero attached hydrogens (tertiary/aromatic N) is 1. The van der Waals surface area contributed by atoms with Gasteiger partial charge in [0.25, 0.3) is 0 Å². The zero-order valence-electron chi connectivity index (χ0n) is 9.77. The van der Waals surface area contributed by atoms with Gasteiger partial charge in [-0.3, -0.25) is 4.90 Å². The molecule has 0 radical (unpaired) electrons. The van der Waals surface area contributed by atoms with Gasteiger partial charge in [-0.15, -0.1) is 0 Å². The van der Waals surface area contributed by atoms with E-state index in [2.05, 4.69) is 17.1 Å². The van der Waals surface area contributed by atoms with Crippen LogP contribution in [0.5, 0.6) is 0 Å². The van der Waals surface area contributed by atoms with Crippen molar-refractivity contribution in [2.24, 2.45) is 5.92 Å². The first kappa shape index (κ1) is 13.5. The maximum atomic E-state index is 12.4. The van der Waals surface area contributed by atoms with E-state index in [9.17, 15) is 13.2 Å². The summed E-state index contributed by atoms with van der Waals surface area (Å²) in [5.74, 6) is 0.464. The first-order valence-electron chi connectivity index (χ1n) is 5.56. The van der Waals surface area contributed by atoms with Crippen LogP contribution in [-0.4, -0.2) is 44.3 Å². The van der Waals surface area contributed by atoms with Crippen molar-refractivity contribution in [3.05, 3.63) is 11.6 Å². The minimum atomic E-state index is -4.14. The molecule has 1 atom stereocenters. The SMILES string of the molecule is CNCC(C)CN1CC=C(C(F)(F)F)CC1. The lowest BCUT2D eigenvalue weighted by molar-refractivity contribution is -0.0960. The van der Waals surface area contributed by atoms with Crippen LogP contribution in [-0.2, 0) is 0 Å². The minimum absolute atomic E-state index is 0.121. The molecule has 0 fully saturated rings. The Balaban J connectivity index is 2.39. The Bertz CT molecular complexity index is 248. The number of hydrogen-bond acceptors (Lipinski definition) is 2. The lowest BCUT2D eigenvalue weighted by Gasteiger charge is -2.29. The van der Waals surface area contributed by atoms with E-state index in [1.807, 2.05) is 7.05 Å². The largest absolute Gasteiger partial charge is 0.412 e. The van der Waals surface area contributed by atoms with Crippen molar-refractivity contribution < 1.29 is 13.2 Å². The molecule has 1 aliphatic heterocycles. The molecular formula is C11H19F3N2. The predicted octanol–water partition coefficient (Wildman–Crippen LogP) is 2.04. The van der Waals surface area contributed by atoms with Crippen LogP contribution in [0.1, 0.15) is 13.3 Å². The van der Waals surface area contributed by atoms with Crippen LogP contribution in [0.15, 0.2) is 11.6 Å². The molecular weight excluding hydrogens is 217 g/mol. The highest BCUT2D eigenvalue weighted by Crippen LogP contribution is 2.30. The van der Waals surface area contributed by atoms with Crippen molar-refractivity contribution in [2.45, 2.75) is 19.5 Å². The van der Waals surface area contributed by atoms with E-state index in [1.165, 1.54) is 6.08 Å². The summed E-state index contributed by atoms with van der Waals surface area (Å²) < 4.78 is 37.1. The summed E-state index contributed by atoms with van der Waals surface area (Å²) in [4.78, 5) is 2.07. The Morgan fingerprint density at radius 1 is 1.50 bits per heavy atom. The molecule has 1 heterocycles. The highest BCUT2D eigenvalue weighted by atomic mass is 19.4. The molecule has 0 amide bonds. The summed E-state index contributed by atoms with van der Waals surface area (Å²) >= 11 is 0. The molecule has 1 unspecified atom stereocenters. The van der Waals surface area contributed by atoms with E-state index in [0.717, 1.165) is 13.1 Å². The van der Waals surface area contributed by atoms with Gasteiger partial charge in [-0.2, -0.15) is 13.2 Å². The summed E-state index contributed by atoms with van der Waals surface area (Å²) in [6, 6.07) is 0. The number of halogens is 3. The smallest absolute Gasteiger partial charge is 0.319 e. The van der Waals surface area contributed by atoms with Crippen molar-refractivity contribution in [2.75, 3.05) is 33.2 Å². The van der Waals surface area contributed by atoms with Gasteiger partial charge in [0.1, 0.15) is 0 Å². The Labute approximate surface area is 94.5 Å². The third-order valence-electron chi connectivity index (χ3n) is 2.78. The molecule has 0 spiro atoms. The van der Waals surface area contributed by atoms with Crippen LogP contribution in [0.2, 0.25) is 0 Å². The molecule has 0 aliphatic carbocycles. The fourth-order valence-electron chi connectivity index (χ4n) is 1.99. The molecule has 1 aliphatic rings. The maximum absolute atomic E-state index is 12.4. The van der Waals surface area contributed by atoms with Gasteiger partial charge in [-0.05, 0) is 25.9 Å². The topological polar surface area (TPSA) is 15.3 Å². The Hall–Kier alpha value is -0.550. The standard InChI is InChI=1S/C11H19F3N2/c1-9(7-15-2)8-16-5-3-10(4-6-16)11(12,13)14/h3,9,15H,4-8H2,1-2H3. The number of hydrogen-bond donors (Lipinski definition) is 1. The highest BCUT2D eigenvalue weighted by Gasteiger charge is 2.34. The van der Waals surface area contributed by atoms with Gasteiger partial charge >= 0.3 is 6.18 Å². The second kappa shape index (κ2) is 5.68. The third kappa shape index (κ3) is 4.14. The molecule has 16 heavy (non-hydrogen) atoms. The van der Waals surface area contributed by atoms with E-state index in [4.69, 9.17) is 0 Å². The molecule has 0 saturated carbocycles. The quantitative estimate of drug-likeness (QED) is 0.751. The van der Waals surface area contributed by atoms with E-state index in [-0.39, 0.29) is 12.0 Å². The van der Waals surface area contributed by atoms with E-state index in [0.29, 0.717) is 19.0 Å². The normalized spacial score (nSPS) is 20.7. The highest BCUT2D eigenvalue weighted by molar-refractivity contribution is 5.13. The van der Waals surface area contributed by atoms with Gasteiger partial charge in [0, 0.05) is 25.2 Å². The van der Waals surface area contributed by atoms with Crippen molar-refractivity contribution >= 4 is 0 Å². The van der Waals surface area contributed by atoms with Crippen LogP contribution in [0.3, 0.4) is 0 Å². The van der Waals surface area contributed by atoms with Crippen molar-refractivity contribution in [1.29, 1.82) is 0 Å². The van der Waals surface area contributed by atoms with Crippen LogP contribution < -0.4 is 5.32 Å². The molecule has 1 rings (SSSR count). The Kier molecular flexibility index (Phi) is 4.80. The van der Waals surface area contributed by atoms with Gasteiger partial charge in [-0.25, -0.2) is 0 Å². The van der Waals surface area contributed by atoms with Crippen molar-refractivity contribution in [1.82, 2.24) is 10.2 Å². The number of rotatable bonds is 4. The van der Waals surface area contributed by atoms with Crippen LogP contribution in [0.25, 0.3) is 0 Å².